The van der Waals surface area contributed by atoms with Crippen molar-refractivity contribution in [3.8, 4) is 0 Å². The van der Waals surface area contributed by atoms with Gasteiger partial charge in [-0.3, -0.25) is 14.5 Å². The fourth-order valence-electron chi connectivity index (χ4n) is 2.57. The quantitative estimate of drug-likeness (QED) is 0.419. The van der Waals surface area contributed by atoms with E-state index < -0.39 is 0 Å². The van der Waals surface area contributed by atoms with Gasteiger partial charge in [-0.2, -0.15) is 0 Å². The van der Waals surface area contributed by atoms with Crippen molar-refractivity contribution in [2.45, 2.75) is 20.3 Å². The van der Waals surface area contributed by atoms with Gasteiger partial charge in [0, 0.05) is 19.2 Å². The minimum atomic E-state index is -0.0879. The van der Waals surface area contributed by atoms with E-state index in [4.69, 9.17) is 12.2 Å². The summed E-state index contributed by atoms with van der Waals surface area (Å²) >= 11 is 6.41. The number of nitrogens with one attached hydrogen (secondary N) is 1. The molecule has 1 aromatic carbocycles. The summed E-state index contributed by atoms with van der Waals surface area (Å²) in [5.74, 6) is -0.161. The third-order valence-corrected chi connectivity index (χ3v) is 5.77. The third kappa shape index (κ3) is 5.40. The third-order valence-electron chi connectivity index (χ3n) is 4.29. The summed E-state index contributed by atoms with van der Waals surface area (Å²) in [7, 11) is 1.67. The zero-order valence-corrected chi connectivity index (χ0v) is 17.1. The van der Waals surface area contributed by atoms with E-state index in [1.807, 2.05) is 12.1 Å². The van der Waals surface area contributed by atoms with Crippen molar-refractivity contribution in [2.75, 3.05) is 33.2 Å². The van der Waals surface area contributed by atoms with Crippen LogP contribution in [0.15, 0.2) is 29.2 Å². The van der Waals surface area contributed by atoms with Gasteiger partial charge < -0.3 is 10.2 Å². The van der Waals surface area contributed by atoms with Crippen LogP contribution in [0.1, 0.15) is 36.2 Å². The number of likely N-dealkylation sites (N-methyl/N-ethyl adjacent to an activating group) is 1. The van der Waals surface area contributed by atoms with Crippen molar-refractivity contribution in [2.24, 2.45) is 0 Å². The lowest BCUT2D eigenvalue weighted by molar-refractivity contribution is -0.121. The van der Waals surface area contributed by atoms with Crippen LogP contribution in [-0.4, -0.2) is 59.2 Å². The Morgan fingerprint density at radius 3 is 2.46 bits per heavy atom. The minimum absolute atomic E-state index is 0.0732. The van der Waals surface area contributed by atoms with E-state index in [1.54, 1.807) is 25.3 Å². The maximum Gasteiger partial charge on any atom is 0.265 e. The van der Waals surface area contributed by atoms with Gasteiger partial charge in [0.1, 0.15) is 4.32 Å². The van der Waals surface area contributed by atoms with Crippen molar-refractivity contribution in [1.82, 2.24) is 15.1 Å². The molecule has 0 aromatic heterocycles. The molecule has 1 aromatic rings. The van der Waals surface area contributed by atoms with Crippen molar-refractivity contribution < 1.29 is 9.59 Å². The fourth-order valence-corrected chi connectivity index (χ4v) is 3.75. The van der Waals surface area contributed by atoms with E-state index in [-0.39, 0.29) is 11.8 Å². The van der Waals surface area contributed by atoms with E-state index in [1.165, 1.54) is 16.7 Å². The second-order valence-electron chi connectivity index (χ2n) is 6.00. The molecule has 1 aliphatic heterocycles. The molecular formula is C19H25N3O2S2. The molecule has 0 unspecified atom stereocenters. The van der Waals surface area contributed by atoms with Crippen molar-refractivity contribution in [3.05, 3.63) is 40.3 Å². The van der Waals surface area contributed by atoms with Gasteiger partial charge in [0.25, 0.3) is 11.8 Å². The first-order valence-corrected chi connectivity index (χ1v) is 10.0. The molecule has 5 nitrogen and oxygen atoms in total. The van der Waals surface area contributed by atoms with Gasteiger partial charge in [-0.15, -0.1) is 0 Å². The van der Waals surface area contributed by atoms with E-state index >= 15 is 0 Å². The average molecular weight is 392 g/mol. The van der Waals surface area contributed by atoms with E-state index in [0.717, 1.165) is 31.6 Å². The summed E-state index contributed by atoms with van der Waals surface area (Å²) in [6, 6.07) is 7.23. The monoisotopic (exact) mass is 391 g/mol. The second kappa shape index (κ2) is 9.85. The highest BCUT2D eigenvalue weighted by molar-refractivity contribution is 8.26. The Morgan fingerprint density at radius 1 is 1.27 bits per heavy atom. The summed E-state index contributed by atoms with van der Waals surface area (Å²) in [5.41, 5.74) is 1.49. The van der Waals surface area contributed by atoms with Crippen LogP contribution in [0.4, 0.5) is 0 Å². The molecule has 1 aliphatic rings. The molecule has 0 aliphatic carbocycles. The summed E-state index contributed by atoms with van der Waals surface area (Å²) in [5, 5.41) is 2.95. The molecule has 2 rings (SSSR count). The second-order valence-corrected chi connectivity index (χ2v) is 7.67. The zero-order chi connectivity index (χ0) is 19.1. The number of hydrogen-bond donors (Lipinski definition) is 1. The van der Waals surface area contributed by atoms with E-state index in [0.29, 0.717) is 21.3 Å². The van der Waals surface area contributed by atoms with E-state index in [9.17, 15) is 9.59 Å². The lowest BCUT2D eigenvalue weighted by Crippen LogP contribution is -2.29. The highest BCUT2D eigenvalue weighted by Gasteiger charge is 2.28. The molecule has 7 heteroatoms. The summed E-state index contributed by atoms with van der Waals surface area (Å²) in [6.07, 6.45) is 2.74. The first kappa shape index (κ1) is 20.6. The molecule has 1 fully saturated rings. The summed E-state index contributed by atoms with van der Waals surface area (Å²) in [6.45, 7) is 7.99. The maximum atomic E-state index is 12.2. The molecule has 0 bridgehead atoms. The van der Waals surface area contributed by atoms with Gasteiger partial charge in [-0.25, -0.2) is 0 Å². The van der Waals surface area contributed by atoms with Gasteiger partial charge in [-0.05, 0) is 49.8 Å². The molecule has 1 N–H and O–H groups in total. The number of carbonyl (C=O) groups excluding carboxylic acids is 2. The number of nitrogens with zero attached hydrogens (tertiary/aromatic N) is 2. The molecule has 2 amide bonds. The Labute approximate surface area is 164 Å². The van der Waals surface area contributed by atoms with Crippen LogP contribution in [0.5, 0.6) is 0 Å². The average Bonchev–Trinajstić information content (AvgIpc) is 2.89. The van der Waals surface area contributed by atoms with Gasteiger partial charge in [0.05, 0.1) is 4.91 Å². The SMILES string of the molecule is CCN(CC)CCCNC(=O)c1ccc(/C=C2/SC(=S)N(C)C2=O)cc1. The van der Waals surface area contributed by atoms with Crippen LogP contribution in [0.3, 0.4) is 0 Å². The maximum absolute atomic E-state index is 12.2. The number of thioether (sulfide) groups is 1. The van der Waals surface area contributed by atoms with Gasteiger partial charge in [0.15, 0.2) is 0 Å². The van der Waals surface area contributed by atoms with Gasteiger partial charge in [0.2, 0.25) is 0 Å². The predicted octanol–water partition coefficient (Wildman–Crippen LogP) is 2.98. The van der Waals surface area contributed by atoms with Crippen molar-refractivity contribution in [1.29, 1.82) is 0 Å². The molecule has 1 saturated heterocycles. The molecule has 26 heavy (non-hydrogen) atoms. The predicted molar refractivity (Wildman–Crippen MR) is 112 cm³/mol. The van der Waals surface area contributed by atoms with Gasteiger partial charge in [-0.1, -0.05) is 50.0 Å². The number of carbonyl (C=O) groups is 2. The molecule has 140 valence electrons. The topological polar surface area (TPSA) is 52.7 Å². The van der Waals surface area contributed by atoms with Crippen LogP contribution in [0.25, 0.3) is 6.08 Å². The minimum Gasteiger partial charge on any atom is -0.352 e. The van der Waals surface area contributed by atoms with Crippen LogP contribution < -0.4 is 5.32 Å². The Morgan fingerprint density at radius 2 is 1.92 bits per heavy atom. The number of amides is 2. The smallest absolute Gasteiger partial charge is 0.265 e. The normalized spacial score (nSPS) is 16.0. The largest absolute Gasteiger partial charge is 0.352 e. The first-order valence-electron chi connectivity index (χ1n) is 8.78. The van der Waals surface area contributed by atoms with Crippen molar-refractivity contribution in [3.63, 3.8) is 0 Å². The Bertz CT molecular complexity index is 697. The first-order chi connectivity index (χ1) is 12.5. The molecule has 0 atom stereocenters. The Hall–Kier alpha value is -1.70. The molecule has 0 spiro atoms. The summed E-state index contributed by atoms with van der Waals surface area (Å²) < 4.78 is 0.557. The Balaban J connectivity index is 1.88. The number of hydrogen-bond acceptors (Lipinski definition) is 5. The van der Waals surface area contributed by atoms with Gasteiger partial charge >= 0.3 is 0 Å². The molecule has 1 heterocycles. The van der Waals surface area contributed by atoms with Crippen LogP contribution >= 0.6 is 24.0 Å². The highest BCUT2D eigenvalue weighted by atomic mass is 32.2. The number of benzene rings is 1. The molecular weight excluding hydrogens is 366 g/mol. The molecule has 0 radical (unpaired) electrons. The zero-order valence-electron chi connectivity index (χ0n) is 15.4. The lowest BCUT2D eigenvalue weighted by Gasteiger charge is -2.17. The summed E-state index contributed by atoms with van der Waals surface area (Å²) in [4.78, 5) is 28.6. The van der Waals surface area contributed by atoms with Crippen LogP contribution in [0, 0.1) is 0 Å². The standard InChI is InChI=1S/C19H25N3O2S2/c1-4-22(5-2)12-6-11-20-17(23)15-9-7-14(8-10-15)13-16-18(24)21(3)19(25)26-16/h7-10,13H,4-6,11-12H2,1-3H3,(H,20,23)/b16-13+. The van der Waals surface area contributed by atoms with Crippen LogP contribution in [-0.2, 0) is 4.79 Å². The van der Waals surface area contributed by atoms with Crippen molar-refractivity contribution >= 4 is 46.2 Å². The molecule has 0 saturated carbocycles. The Kier molecular flexibility index (Phi) is 7.81. The highest BCUT2D eigenvalue weighted by Crippen LogP contribution is 2.31. The van der Waals surface area contributed by atoms with Crippen LogP contribution in [0.2, 0.25) is 0 Å². The lowest BCUT2D eigenvalue weighted by atomic mass is 10.1. The number of thiocarbonyl (C=S) groups is 1. The fraction of sp³-hybridized carbons (Fsp3) is 0.421. The number of rotatable bonds is 8. The van der Waals surface area contributed by atoms with E-state index in [2.05, 4.69) is 24.1 Å².